The molecule has 8 heteroatoms. The molecule has 1 aromatic heterocycles. The second kappa shape index (κ2) is 5.71. The lowest BCUT2D eigenvalue weighted by Crippen LogP contribution is -2.20. The van der Waals surface area contributed by atoms with E-state index in [1.807, 2.05) is 0 Å². The molecule has 7 nitrogen and oxygen atoms in total. The number of halogens is 1. The Labute approximate surface area is 107 Å². The van der Waals surface area contributed by atoms with Gasteiger partial charge in [-0.25, -0.2) is 14.4 Å². The molecule has 0 aliphatic rings. The number of anilines is 1. The SMILES string of the molecule is Nc1nonc1CC(=O)N/N=C/c1ccccc1F. The molecule has 0 atom stereocenters. The number of nitrogens with two attached hydrogens (primary N) is 1. The summed E-state index contributed by atoms with van der Waals surface area (Å²) in [6, 6.07) is 6.05. The van der Waals surface area contributed by atoms with Crippen molar-refractivity contribution in [2.75, 3.05) is 5.73 Å². The van der Waals surface area contributed by atoms with Crippen LogP contribution in [0.25, 0.3) is 0 Å². The zero-order valence-corrected chi connectivity index (χ0v) is 9.71. The third kappa shape index (κ3) is 3.35. The first-order chi connectivity index (χ1) is 9.16. The van der Waals surface area contributed by atoms with Crippen molar-refractivity contribution in [3.63, 3.8) is 0 Å². The van der Waals surface area contributed by atoms with Crippen molar-refractivity contribution in [3.05, 3.63) is 41.3 Å². The van der Waals surface area contributed by atoms with Gasteiger partial charge in [-0.3, -0.25) is 4.79 Å². The molecule has 0 saturated heterocycles. The van der Waals surface area contributed by atoms with E-state index in [2.05, 4.69) is 25.5 Å². The summed E-state index contributed by atoms with van der Waals surface area (Å²) in [5.41, 5.74) is 8.11. The monoisotopic (exact) mass is 263 g/mol. The Morgan fingerprint density at radius 3 is 2.95 bits per heavy atom. The highest BCUT2D eigenvalue weighted by Gasteiger charge is 2.10. The standard InChI is InChI=1S/C11H10FN5O2/c12-8-4-2-1-3-7(8)6-14-15-10(18)5-9-11(13)17-19-16-9/h1-4,6H,5H2,(H2,13,17)(H,15,18)/b14-6+. The summed E-state index contributed by atoms with van der Waals surface area (Å²) in [4.78, 5) is 11.5. The minimum atomic E-state index is -0.463. The lowest BCUT2D eigenvalue weighted by Gasteiger charge is -1.97. The van der Waals surface area contributed by atoms with Crippen LogP contribution in [0.3, 0.4) is 0 Å². The van der Waals surface area contributed by atoms with Crippen LogP contribution >= 0.6 is 0 Å². The summed E-state index contributed by atoms with van der Waals surface area (Å²) in [6.07, 6.45) is 1.08. The number of benzene rings is 1. The Bertz CT molecular complexity index is 611. The van der Waals surface area contributed by atoms with E-state index in [4.69, 9.17) is 5.73 Å². The van der Waals surface area contributed by atoms with Crippen LogP contribution in [-0.2, 0) is 11.2 Å². The van der Waals surface area contributed by atoms with Gasteiger partial charge in [-0.15, -0.1) is 0 Å². The average Bonchev–Trinajstić information content (AvgIpc) is 2.77. The van der Waals surface area contributed by atoms with Gasteiger partial charge in [-0.2, -0.15) is 5.10 Å². The van der Waals surface area contributed by atoms with Gasteiger partial charge in [0.05, 0.1) is 12.6 Å². The Morgan fingerprint density at radius 1 is 1.47 bits per heavy atom. The van der Waals surface area contributed by atoms with Crippen LogP contribution in [0.4, 0.5) is 10.2 Å². The molecule has 3 N–H and O–H groups in total. The number of nitrogens with zero attached hydrogens (tertiary/aromatic N) is 3. The molecule has 0 saturated carbocycles. The van der Waals surface area contributed by atoms with Gasteiger partial charge < -0.3 is 5.73 Å². The number of nitrogens with one attached hydrogen (secondary N) is 1. The first kappa shape index (κ1) is 12.7. The zero-order valence-electron chi connectivity index (χ0n) is 9.71. The first-order valence-corrected chi connectivity index (χ1v) is 5.30. The normalized spacial score (nSPS) is 10.8. The average molecular weight is 263 g/mol. The Balaban J connectivity index is 1.91. The summed E-state index contributed by atoms with van der Waals surface area (Å²) in [7, 11) is 0. The van der Waals surface area contributed by atoms with Gasteiger partial charge in [-0.1, -0.05) is 23.4 Å². The van der Waals surface area contributed by atoms with Gasteiger partial charge in [0.25, 0.3) is 0 Å². The lowest BCUT2D eigenvalue weighted by atomic mass is 10.2. The number of hydrazone groups is 1. The number of rotatable bonds is 4. The number of carbonyl (C=O) groups is 1. The van der Waals surface area contributed by atoms with Gasteiger partial charge in [0.2, 0.25) is 5.91 Å². The quantitative estimate of drug-likeness (QED) is 0.616. The maximum atomic E-state index is 13.2. The molecule has 0 aliphatic heterocycles. The zero-order chi connectivity index (χ0) is 13.7. The lowest BCUT2D eigenvalue weighted by molar-refractivity contribution is -0.120. The van der Waals surface area contributed by atoms with Crippen molar-refractivity contribution in [3.8, 4) is 0 Å². The summed E-state index contributed by atoms with van der Waals surface area (Å²) >= 11 is 0. The van der Waals surface area contributed by atoms with Crippen molar-refractivity contribution in [1.29, 1.82) is 0 Å². The molecule has 19 heavy (non-hydrogen) atoms. The van der Waals surface area contributed by atoms with E-state index >= 15 is 0 Å². The maximum Gasteiger partial charge on any atom is 0.246 e. The first-order valence-electron chi connectivity index (χ1n) is 5.30. The van der Waals surface area contributed by atoms with Crippen molar-refractivity contribution in [2.24, 2.45) is 5.10 Å². The van der Waals surface area contributed by atoms with Crippen LogP contribution in [0.1, 0.15) is 11.3 Å². The van der Waals surface area contributed by atoms with Gasteiger partial charge in [0.1, 0.15) is 11.5 Å². The van der Waals surface area contributed by atoms with Crippen molar-refractivity contribution < 1.29 is 13.8 Å². The number of carbonyl (C=O) groups excluding carboxylic acids is 1. The Kier molecular flexibility index (Phi) is 3.81. The van der Waals surface area contributed by atoms with E-state index in [1.165, 1.54) is 18.3 Å². The number of amides is 1. The van der Waals surface area contributed by atoms with Crippen molar-refractivity contribution >= 4 is 17.9 Å². The number of hydrogen-bond acceptors (Lipinski definition) is 6. The predicted octanol–water partition coefficient (Wildman–Crippen LogP) is 0.484. The third-order valence-electron chi connectivity index (χ3n) is 2.21. The molecule has 2 aromatic rings. The molecular formula is C11H10FN5O2. The molecule has 1 aromatic carbocycles. The van der Waals surface area contributed by atoms with Crippen LogP contribution in [-0.4, -0.2) is 22.4 Å². The smallest absolute Gasteiger partial charge is 0.246 e. The second-order valence-corrected chi connectivity index (χ2v) is 3.59. The molecule has 0 radical (unpaired) electrons. The fourth-order valence-electron chi connectivity index (χ4n) is 1.28. The summed E-state index contributed by atoms with van der Waals surface area (Å²) in [5, 5.41) is 10.4. The highest BCUT2D eigenvalue weighted by Crippen LogP contribution is 2.04. The van der Waals surface area contributed by atoms with Crippen molar-refractivity contribution in [1.82, 2.24) is 15.7 Å². The van der Waals surface area contributed by atoms with E-state index in [-0.39, 0.29) is 23.5 Å². The van der Waals surface area contributed by atoms with E-state index in [0.717, 1.165) is 0 Å². The third-order valence-corrected chi connectivity index (χ3v) is 2.21. The number of hydrogen-bond donors (Lipinski definition) is 2. The summed E-state index contributed by atoms with van der Waals surface area (Å²) in [5.74, 6) is -0.839. The van der Waals surface area contributed by atoms with E-state index in [9.17, 15) is 9.18 Å². The van der Waals surface area contributed by atoms with Crippen LogP contribution in [0.15, 0.2) is 34.0 Å². The van der Waals surface area contributed by atoms with Gasteiger partial charge in [0.15, 0.2) is 5.82 Å². The topological polar surface area (TPSA) is 106 Å². The second-order valence-electron chi connectivity index (χ2n) is 3.59. The summed E-state index contributed by atoms with van der Waals surface area (Å²) < 4.78 is 17.6. The van der Waals surface area contributed by atoms with Crippen molar-refractivity contribution in [2.45, 2.75) is 6.42 Å². The molecule has 0 aliphatic carbocycles. The maximum absolute atomic E-state index is 13.2. The fourth-order valence-corrected chi connectivity index (χ4v) is 1.28. The molecule has 0 unspecified atom stereocenters. The Hall–Kier alpha value is -2.77. The van der Waals surface area contributed by atoms with Gasteiger partial charge >= 0.3 is 0 Å². The molecule has 0 fully saturated rings. The van der Waals surface area contributed by atoms with Crippen LogP contribution in [0.2, 0.25) is 0 Å². The van der Waals surface area contributed by atoms with Crippen LogP contribution < -0.4 is 11.2 Å². The molecule has 2 rings (SSSR count). The molecule has 1 amide bonds. The highest BCUT2D eigenvalue weighted by atomic mass is 19.1. The van der Waals surface area contributed by atoms with E-state index in [0.29, 0.717) is 0 Å². The molecule has 1 heterocycles. The molecule has 0 spiro atoms. The largest absolute Gasteiger partial charge is 0.379 e. The number of nitrogen functional groups attached to an aromatic ring is 1. The molecular weight excluding hydrogens is 253 g/mol. The Morgan fingerprint density at radius 2 is 2.26 bits per heavy atom. The molecule has 98 valence electrons. The predicted molar refractivity (Wildman–Crippen MR) is 64.6 cm³/mol. The molecule has 0 bridgehead atoms. The van der Waals surface area contributed by atoms with E-state index in [1.54, 1.807) is 12.1 Å². The van der Waals surface area contributed by atoms with Crippen LogP contribution in [0, 0.1) is 5.82 Å². The summed E-state index contributed by atoms with van der Waals surface area (Å²) in [6.45, 7) is 0. The minimum Gasteiger partial charge on any atom is -0.379 e. The highest BCUT2D eigenvalue weighted by molar-refractivity contribution is 5.83. The van der Waals surface area contributed by atoms with E-state index < -0.39 is 11.7 Å². The van der Waals surface area contributed by atoms with Gasteiger partial charge in [-0.05, 0) is 11.2 Å². The minimum absolute atomic E-state index is 0.0493. The van der Waals surface area contributed by atoms with Crippen LogP contribution in [0.5, 0.6) is 0 Å². The fraction of sp³-hybridized carbons (Fsp3) is 0.0909. The number of aromatic nitrogens is 2. The van der Waals surface area contributed by atoms with Gasteiger partial charge in [0, 0.05) is 5.56 Å².